The molecule has 23 heavy (non-hydrogen) atoms. The maximum atomic E-state index is 13.1. The maximum absolute atomic E-state index is 13.1. The Morgan fingerprint density at radius 3 is 1.91 bits per heavy atom. The van der Waals surface area contributed by atoms with Gasteiger partial charge in [0.1, 0.15) is 0 Å². The van der Waals surface area contributed by atoms with E-state index in [2.05, 4.69) is 59.0 Å². The molecule has 3 heteroatoms. The molecular weight excluding hydrogens is 397 g/mol. The number of aryl methyl sites for hydroxylation is 1. The van der Waals surface area contributed by atoms with Crippen molar-refractivity contribution in [3.05, 3.63) is 71.1 Å². The second-order valence-corrected chi connectivity index (χ2v) is 6.82. The Hall–Kier alpha value is -1.88. The van der Waals surface area contributed by atoms with Crippen molar-refractivity contribution in [3.8, 4) is 0 Å². The van der Waals surface area contributed by atoms with E-state index < -0.39 is 0 Å². The van der Waals surface area contributed by atoms with E-state index in [0.717, 1.165) is 44.3 Å². The molecule has 1 aromatic heterocycles. The van der Waals surface area contributed by atoms with Crippen LogP contribution in [-0.4, -0.2) is 8.99 Å². The van der Waals surface area contributed by atoms with E-state index >= 15 is 0 Å². The van der Waals surface area contributed by atoms with E-state index in [1.54, 1.807) is 0 Å². The molecule has 1 heterocycles. The van der Waals surface area contributed by atoms with Crippen molar-refractivity contribution in [2.75, 3.05) is 4.43 Å². The fourth-order valence-electron chi connectivity index (χ4n) is 3.35. The summed E-state index contributed by atoms with van der Waals surface area (Å²) >= 11 is 2.35. The first kappa shape index (κ1) is 14.7. The lowest BCUT2D eigenvalue weighted by atomic mass is 9.95. The number of hydrogen-bond acceptors (Lipinski definition) is 1. The van der Waals surface area contributed by atoms with Gasteiger partial charge in [0.25, 0.3) is 5.56 Å². The van der Waals surface area contributed by atoms with Crippen LogP contribution in [0.15, 0.2) is 65.6 Å². The average Bonchev–Trinajstić information content (AvgIpc) is 2.61. The summed E-state index contributed by atoms with van der Waals surface area (Å²) in [5, 5.41) is 6.46. The number of rotatable bonds is 3. The van der Waals surface area contributed by atoms with Crippen molar-refractivity contribution in [1.82, 2.24) is 4.57 Å². The molecule has 0 aliphatic rings. The molecule has 0 saturated carbocycles. The van der Waals surface area contributed by atoms with Gasteiger partial charge in [-0.1, -0.05) is 71.1 Å². The predicted molar refractivity (Wildman–Crippen MR) is 107 cm³/mol. The van der Waals surface area contributed by atoms with E-state index in [1.807, 2.05) is 29.0 Å². The first-order chi connectivity index (χ1) is 11.3. The summed E-state index contributed by atoms with van der Waals surface area (Å²) in [5.41, 5.74) is 0.120. The standard InChI is InChI=1S/C20H16INO/c21-11-5-12-22-13-10-18-16-8-2-1-6-14(16)15-7-3-4-9-17(15)19(18)20(22)23/h1-4,6-10,13H,5,11-12H2. The zero-order chi connectivity index (χ0) is 15.8. The number of pyridine rings is 1. The molecule has 0 aliphatic carbocycles. The number of alkyl halides is 1. The molecule has 0 fully saturated rings. The van der Waals surface area contributed by atoms with Crippen LogP contribution in [0.25, 0.3) is 32.3 Å². The Kier molecular flexibility index (Phi) is 3.81. The molecule has 0 amide bonds. The van der Waals surface area contributed by atoms with Gasteiger partial charge in [0.2, 0.25) is 0 Å². The van der Waals surface area contributed by atoms with E-state index in [9.17, 15) is 4.79 Å². The first-order valence-corrected chi connectivity index (χ1v) is 9.32. The molecule has 0 atom stereocenters. The third kappa shape index (κ3) is 2.34. The van der Waals surface area contributed by atoms with Crippen molar-refractivity contribution in [1.29, 1.82) is 0 Å². The van der Waals surface area contributed by atoms with E-state index in [-0.39, 0.29) is 5.56 Å². The smallest absolute Gasteiger partial charge is 0.259 e. The minimum absolute atomic E-state index is 0.120. The fraction of sp³-hybridized carbons (Fsp3) is 0.150. The molecular formula is C20H16INO. The van der Waals surface area contributed by atoms with Crippen LogP contribution in [0.2, 0.25) is 0 Å². The van der Waals surface area contributed by atoms with Crippen LogP contribution >= 0.6 is 22.6 Å². The molecule has 0 aliphatic heterocycles. The van der Waals surface area contributed by atoms with Gasteiger partial charge in [-0.2, -0.15) is 0 Å². The summed E-state index contributed by atoms with van der Waals surface area (Å²) in [6, 6.07) is 18.7. The average molecular weight is 413 g/mol. The monoisotopic (exact) mass is 413 g/mol. The molecule has 2 nitrogen and oxygen atoms in total. The molecule has 114 valence electrons. The quantitative estimate of drug-likeness (QED) is 0.259. The van der Waals surface area contributed by atoms with Gasteiger partial charge in [0, 0.05) is 17.2 Å². The fourth-order valence-corrected chi connectivity index (χ4v) is 3.70. The summed E-state index contributed by atoms with van der Waals surface area (Å²) in [6.45, 7) is 0.777. The Labute approximate surface area is 147 Å². The van der Waals surface area contributed by atoms with E-state index in [0.29, 0.717) is 0 Å². The van der Waals surface area contributed by atoms with Gasteiger partial charge in [-0.15, -0.1) is 0 Å². The molecule has 4 rings (SSSR count). The highest BCUT2D eigenvalue weighted by Gasteiger charge is 2.11. The summed E-state index contributed by atoms with van der Waals surface area (Å²) < 4.78 is 2.91. The molecule has 0 N–H and O–H groups in total. The van der Waals surface area contributed by atoms with Crippen molar-refractivity contribution in [3.63, 3.8) is 0 Å². The van der Waals surface area contributed by atoms with Crippen LogP contribution in [0.5, 0.6) is 0 Å². The summed E-state index contributed by atoms with van der Waals surface area (Å²) in [7, 11) is 0. The van der Waals surface area contributed by atoms with Crippen LogP contribution in [0, 0.1) is 0 Å². The highest BCUT2D eigenvalue weighted by atomic mass is 127. The molecule has 3 aromatic carbocycles. The lowest BCUT2D eigenvalue weighted by Crippen LogP contribution is -2.20. The van der Waals surface area contributed by atoms with Crippen LogP contribution in [0.3, 0.4) is 0 Å². The number of halogens is 1. The lowest BCUT2D eigenvalue weighted by Gasteiger charge is -2.12. The topological polar surface area (TPSA) is 22.0 Å². The van der Waals surface area contributed by atoms with Crippen molar-refractivity contribution < 1.29 is 0 Å². The van der Waals surface area contributed by atoms with E-state index in [1.165, 1.54) is 5.39 Å². The molecule has 0 bridgehead atoms. The minimum atomic E-state index is 0.120. The van der Waals surface area contributed by atoms with Gasteiger partial charge < -0.3 is 4.57 Å². The minimum Gasteiger partial charge on any atom is -0.315 e. The number of benzene rings is 3. The van der Waals surface area contributed by atoms with Crippen molar-refractivity contribution >= 4 is 54.9 Å². The number of fused-ring (bicyclic) bond motifs is 6. The number of nitrogens with zero attached hydrogens (tertiary/aromatic N) is 1. The van der Waals surface area contributed by atoms with Crippen LogP contribution in [0.1, 0.15) is 6.42 Å². The molecule has 0 unspecified atom stereocenters. The Morgan fingerprint density at radius 2 is 1.30 bits per heavy atom. The summed E-state index contributed by atoms with van der Waals surface area (Å²) in [5.74, 6) is 0. The highest BCUT2D eigenvalue weighted by Crippen LogP contribution is 2.32. The number of hydrogen-bond donors (Lipinski definition) is 0. The van der Waals surface area contributed by atoms with Gasteiger partial charge in [-0.3, -0.25) is 4.79 Å². The SMILES string of the molecule is O=c1c2c3ccccc3c3ccccc3c2ccn1CCCI. The van der Waals surface area contributed by atoms with Gasteiger partial charge in [-0.05, 0) is 39.4 Å². The zero-order valence-electron chi connectivity index (χ0n) is 12.6. The van der Waals surface area contributed by atoms with Crippen molar-refractivity contribution in [2.45, 2.75) is 13.0 Å². The molecule has 4 aromatic rings. The second-order valence-electron chi connectivity index (χ2n) is 5.74. The third-order valence-electron chi connectivity index (χ3n) is 4.40. The lowest BCUT2D eigenvalue weighted by molar-refractivity contribution is 0.668. The number of aromatic nitrogens is 1. The summed E-state index contributed by atoms with van der Waals surface area (Å²) in [6.07, 6.45) is 2.95. The Morgan fingerprint density at radius 1 is 0.783 bits per heavy atom. The Bertz CT molecular complexity index is 1050. The largest absolute Gasteiger partial charge is 0.315 e. The van der Waals surface area contributed by atoms with Crippen LogP contribution in [0.4, 0.5) is 0 Å². The normalized spacial score (nSPS) is 11.5. The van der Waals surface area contributed by atoms with Gasteiger partial charge in [-0.25, -0.2) is 0 Å². The molecule has 0 spiro atoms. The van der Waals surface area contributed by atoms with Gasteiger partial charge >= 0.3 is 0 Å². The maximum Gasteiger partial charge on any atom is 0.259 e. The first-order valence-electron chi connectivity index (χ1n) is 7.80. The van der Waals surface area contributed by atoms with Crippen LogP contribution < -0.4 is 5.56 Å². The second kappa shape index (κ2) is 5.96. The summed E-state index contributed by atoms with van der Waals surface area (Å²) in [4.78, 5) is 13.1. The zero-order valence-corrected chi connectivity index (χ0v) is 14.8. The van der Waals surface area contributed by atoms with E-state index in [4.69, 9.17) is 0 Å². The van der Waals surface area contributed by atoms with Gasteiger partial charge in [0.15, 0.2) is 0 Å². The van der Waals surface area contributed by atoms with Crippen molar-refractivity contribution in [2.24, 2.45) is 0 Å². The van der Waals surface area contributed by atoms with Crippen LogP contribution in [-0.2, 0) is 6.54 Å². The highest BCUT2D eigenvalue weighted by molar-refractivity contribution is 14.1. The Balaban J connectivity index is 2.21. The molecule has 0 radical (unpaired) electrons. The van der Waals surface area contributed by atoms with Gasteiger partial charge in [0.05, 0.1) is 5.39 Å². The predicted octanol–water partition coefficient (Wildman–Crippen LogP) is 5.13. The molecule has 0 saturated heterocycles. The third-order valence-corrected chi connectivity index (χ3v) is 5.16.